The molecule has 4 heterocycles. The zero-order valence-electron chi connectivity index (χ0n) is 42.9. The Morgan fingerprint density at radius 2 is 0.986 bits per heavy atom. The van der Waals surface area contributed by atoms with Crippen LogP contribution < -0.4 is 31.9 Å². The monoisotopic (exact) mass is 1060 g/mol. The van der Waals surface area contributed by atoms with Crippen molar-refractivity contribution in [3.05, 3.63) is 107 Å². The van der Waals surface area contributed by atoms with E-state index in [-0.39, 0.29) is 59.7 Å². The van der Waals surface area contributed by atoms with Gasteiger partial charge in [-0.3, -0.25) is 19.2 Å². The molecular weight excluding hydrogens is 985 g/mol. The summed E-state index contributed by atoms with van der Waals surface area (Å²) >= 11 is 14.7. The maximum absolute atomic E-state index is 14.5. The molecule has 0 bridgehead atoms. The smallest absolute Gasteiger partial charge is 0.246 e. The molecule has 10 atom stereocenters. The van der Waals surface area contributed by atoms with Gasteiger partial charge in [-0.2, -0.15) is 0 Å². The third kappa shape index (κ3) is 13.4. The highest BCUT2D eigenvalue weighted by molar-refractivity contribution is 8.00. The number of amides is 4. The summed E-state index contributed by atoms with van der Waals surface area (Å²) in [5.41, 5.74) is 2.80. The van der Waals surface area contributed by atoms with Crippen LogP contribution in [0.1, 0.15) is 102 Å². The number of rotatable bonds is 20. The molecule has 6 N–H and O–H groups in total. The minimum atomic E-state index is -0.676. The number of thioether (sulfide) groups is 2. The highest BCUT2D eigenvalue weighted by atomic mass is 32.2. The van der Waals surface area contributed by atoms with Gasteiger partial charge in [-0.1, -0.05) is 137 Å². The minimum absolute atomic E-state index is 0.0901. The number of thiocarbonyl (C=S) groups is 2. The van der Waals surface area contributed by atoms with Crippen molar-refractivity contribution in [1.82, 2.24) is 41.7 Å². The van der Waals surface area contributed by atoms with Gasteiger partial charge in [0.2, 0.25) is 23.6 Å². The Morgan fingerprint density at radius 3 is 1.33 bits per heavy atom. The van der Waals surface area contributed by atoms with E-state index in [2.05, 4.69) is 59.6 Å². The average molecular weight is 1060 g/mol. The van der Waals surface area contributed by atoms with Crippen molar-refractivity contribution in [3.63, 3.8) is 0 Å². The molecule has 2 unspecified atom stereocenters. The molecule has 4 aliphatic rings. The number of likely N-dealkylation sites (N-methyl/N-ethyl adjacent to an activating group) is 2. The fraction of sp³-hybridized carbons (Fsp3) is 0.556. The molecule has 4 fully saturated rings. The Morgan fingerprint density at radius 1 is 0.625 bits per heavy atom. The molecule has 4 aliphatic heterocycles. The lowest BCUT2D eigenvalue weighted by atomic mass is 9.83. The van der Waals surface area contributed by atoms with E-state index < -0.39 is 47.1 Å². The largest absolute Gasteiger partial charge is 0.374 e. The van der Waals surface area contributed by atoms with E-state index >= 15 is 0 Å². The van der Waals surface area contributed by atoms with Crippen LogP contribution in [0, 0.1) is 10.8 Å². The summed E-state index contributed by atoms with van der Waals surface area (Å²) in [6.45, 7) is 13.3. The van der Waals surface area contributed by atoms with Crippen molar-refractivity contribution in [3.8, 4) is 0 Å². The summed E-state index contributed by atoms with van der Waals surface area (Å²) in [7, 11) is 3.67. The number of hydrogen-bond donors (Lipinski definition) is 6. The molecule has 4 saturated heterocycles. The van der Waals surface area contributed by atoms with Crippen LogP contribution in [0.15, 0.2) is 84.9 Å². The van der Waals surface area contributed by atoms with E-state index in [4.69, 9.17) is 33.9 Å². The third-order valence-electron chi connectivity index (χ3n) is 14.5. The van der Waals surface area contributed by atoms with E-state index in [1.165, 1.54) is 0 Å². The molecule has 0 spiro atoms. The van der Waals surface area contributed by atoms with Gasteiger partial charge < -0.3 is 51.2 Å². The first-order valence-electron chi connectivity index (χ1n) is 25.2. The van der Waals surface area contributed by atoms with Gasteiger partial charge in [0.05, 0.1) is 71.3 Å². The fourth-order valence-corrected chi connectivity index (χ4v) is 13.9. The normalized spacial score (nSPS) is 25.2. The van der Waals surface area contributed by atoms with Crippen LogP contribution in [0.25, 0.3) is 0 Å². The molecule has 0 aliphatic carbocycles. The molecule has 390 valence electrons. The molecular formula is C54H74N8O6S4. The Kier molecular flexibility index (Phi) is 19.3. The molecule has 0 saturated carbocycles. The molecule has 0 radical (unpaired) electrons. The number of nitrogens with zero attached hydrogens (tertiary/aromatic N) is 2. The Balaban J connectivity index is 0.960. The maximum atomic E-state index is 14.5. The SMILES string of the molecule is CN[C@@H](C)C(=S)N[C@H]1CCS[C@H]2CC(C)(C)C(C(=O)N[C@H](COCc3ccc(COC[C@@H](NC(=O)C4N5C(=O)[C@@H](NC(=S)[C@H](C)NC)CCS[C@H]5CC4(C)C)c4ccccc4)cc3)c3ccccc3)N2C1=O. The minimum Gasteiger partial charge on any atom is -0.374 e. The van der Waals surface area contributed by atoms with Gasteiger partial charge in [-0.15, -0.1) is 23.5 Å². The van der Waals surface area contributed by atoms with Crippen LogP contribution in [0.3, 0.4) is 0 Å². The van der Waals surface area contributed by atoms with Gasteiger partial charge >= 0.3 is 0 Å². The van der Waals surface area contributed by atoms with Crippen LogP contribution in [-0.2, 0) is 41.9 Å². The van der Waals surface area contributed by atoms with E-state index in [0.29, 0.717) is 48.9 Å². The topological polar surface area (TPSA) is 165 Å². The number of carbonyl (C=O) groups excluding carboxylic acids is 4. The van der Waals surface area contributed by atoms with Crippen LogP contribution in [-0.4, -0.2) is 129 Å². The lowest BCUT2D eigenvalue weighted by Crippen LogP contribution is -2.58. The number of benzene rings is 3. The average Bonchev–Trinajstić information content (AvgIpc) is 3.69. The van der Waals surface area contributed by atoms with E-state index in [1.54, 1.807) is 23.5 Å². The van der Waals surface area contributed by atoms with Crippen molar-refractivity contribution in [2.24, 2.45) is 10.8 Å². The lowest BCUT2D eigenvalue weighted by Gasteiger charge is -2.35. The second-order valence-corrected chi connectivity index (χ2v) is 24.3. The number of carbonyl (C=O) groups is 4. The zero-order chi connectivity index (χ0) is 51.7. The van der Waals surface area contributed by atoms with Crippen molar-refractivity contribution in [2.75, 3.05) is 38.8 Å². The standard InChI is InChI=1S/C54H74N8O6S4/c1-33(55-7)49(69)59-39-23-25-71-43-27-53(3,4)45(61(43)51(39)65)47(63)57-41(37-15-11-9-12-16-37)31-67-29-35-19-21-36(22-20-35)30-68-32-42(38-17-13-10-14-18-38)58-48(64)46-54(5,6)28-44-62(46)52(66)40(24-26-72-44)60-50(70)34(2)56-8/h9-22,33-34,39-46,55-56H,23-32H2,1-8H3,(H,57,63)(H,58,64)(H,59,69)(H,60,70)/t33-,34-,39-,40-,41+,42+,43-,44-,45?,46?/m0/s1. The van der Waals surface area contributed by atoms with Crippen LogP contribution in [0.4, 0.5) is 0 Å². The molecule has 7 rings (SSSR count). The molecule has 4 amide bonds. The van der Waals surface area contributed by atoms with Crippen molar-refractivity contribution in [1.29, 1.82) is 0 Å². The predicted molar refractivity (Wildman–Crippen MR) is 296 cm³/mol. The molecule has 72 heavy (non-hydrogen) atoms. The molecule has 3 aromatic rings. The second-order valence-electron chi connectivity index (χ2n) is 20.8. The van der Waals surface area contributed by atoms with Gasteiger partial charge in [0.15, 0.2) is 0 Å². The summed E-state index contributed by atoms with van der Waals surface area (Å²) in [4.78, 5) is 62.4. The molecule has 3 aromatic carbocycles. The Hall–Kier alpha value is -4.14. The van der Waals surface area contributed by atoms with Crippen molar-refractivity contribution < 1.29 is 28.7 Å². The highest BCUT2D eigenvalue weighted by Gasteiger charge is 2.56. The maximum Gasteiger partial charge on any atom is 0.246 e. The summed E-state index contributed by atoms with van der Waals surface area (Å²) < 4.78 is 12.7. The lowest BCUT2D eigenvalue weighted by molar-refractivity contribution is -0.142. The van der Waals surface area contributed by atoms with Crippen LogP contribution in [0.2, 0.25) is 0 Å². The first-order valence-corrected chi connectivity index (χ1v) is 28.1. The number of hydrogen-bond acceptors (Lipinski definition) is 12. The predicted octanol–water partition coefficient (Wildman–Crippen LogP) is 6.40. The number of nitrogens with one attached hydrogen (secondary N) is 6. The molecule has 0 aromatic heterocycles. The van der Waals surface area contributed by atoms with Crippen molar-refractivity contribution in [2.45, 2.75) is 140 Å². The van der Waals surface area contributed by atoms with Gasteiger partial charge in [0, 0.05) is 0 Å². The molecule has 18 heteroatoms. The fourth-order valence-electron chi connectivity index (χ4n) is 10.2. The van der Waals surface area contributed by atoms with Crippen LogP contribution in [0.5, 0.6) is 0 Å². The first-order chi connectivity index (χ1) is 34.4. The Bertz CT molecular complexity index is 2200. The Labute approximate surface area is 445 Å². The summed E-state index contributed by atoms with van der Waals surface area (Å²) in [5.74, 6) is 0.965. The number of fused-ring (bicyclic) bond motifs is 2. The van der Waals surface area contributed by atoms with Gasteiger partial charge in [-0.25, -0.2) is 0 Å². The first kappa shape index (κ1) is 55.6. The highest BCUT2D eigenvalue weighted by Crippen LogP contribution is 2.48. The van der Waals surface area contributed by atoms with Gasteiger partial charge in [0.25, 0.3) is 0 Å². The van der Waals surface area contributed by atoms with Crippen LogP contribution >= 0.6 is 48.0 Å². The summed E-state index contributed by atoms with van der Waals surface area (Å²) in [5, 5.41) is 19.3. The second kappa shape index (κ2) is 24.9. The van der Waals surface area contributed by atoms with E-state index in [9.17, 15) is 19.2 Å². The molecule has 14 nitrogen and oxygen atoms in total. The van der Waals surface area contributed by atoms with Crippen molar-refractivity contribution >= 4 is 81.6 Å². The van der Waals surface area contributed by atoms with Gasteiger partial charge in [-0.05, 0) is 98.2 Å². The number of ether oxygens (including phenoxy) is 2. The summed E-state index contributed by atoms with van der Waals surface area (Å²) in [6, 6.07) is 24.1. The third-order valence-corrected chi connectivity index (χ3v) is 18.0. The van der Waals surface area contributed by atoms with E-state index in [1.807, 2.05) is 123 Å². The van der Waals surface area contributed by atoms with E-state index in [0.717, 1.165) is 33.8 Å². The zero-order valence-corrected chi connectivity index (χ0v) is 46.2. The summed E-state index contributed by atoms with van der Waals surface area (Å²) in [6.07, 6.45) is 2.66. The van der Waals surface area contributed by atoms with Gasteiger partial charge in [0.1, 0.15) is 24.2 Å². The quantitative estimate of drug-likeness (QED) is 0.0689.